The van der Waals surface area contributed by atoms with E-state index < -0.39 is 0 Å². The molecular formula is C17H15N3O2. The molecule has 0 radical (unpaired) electrons. The Balaban J connectivity index is 1.69. The van der Waals surface area contributed by atoms with Crippen molar-refractivity contribution in [2.24, 2.45) is 0 Å². The van der Waals surface area contributed by atoms with Crippen molar-refractivity contribution in [2.75, 3.05) is 0 Å². The molecule has 1 saturated carbocycles. The fourth-order valence-electron chi connectivity index (χ4n) is 2.33. The van der Waals surface area contributed by atoms with Gasteiger partial charge in [0.25, 0.3) is 5.91 Å². The molecule has 2 aromatic heterocycles. The first kappa shape index (κ1) is 13.0. The van der Waals surface area contributed by atoms with E-state index in [9.17, 15) is 4.79 Å². The van der Waals surface area contributed by atoms with Crippen LogP contribution in [-0.2, 0) is 0 Å². The quantitative estimate of drug-likeness (QED) is 0.805. The second kappa shape index (κ2) is 4.94. The van der Waals surface area contributed by atoms with E-state index in [0.717, 1.165) is 24.1 Å². The Morgan fingerprint density at radius 1 is 1.23 bits per heavy atom. The van der Waals surface area contributed by atoms with Crippen LogP contribution < -0.4 is 5.32 Å². The largest absolute Gasteiger partial charge is 0.435 e. The SMILES string of the molecule is Cc1cccc(-c2nc3ccc(C(=O)NC4CC4)cc3o2)n1. The third kappa shape index (κ3) is 2.45. The number of carbonyl (C=O) groups excluding carboxylic acids is 1. The molecule has 0 saturated heterocycles. The van der Waals surface area contributed by atoms with E-state index in [2.05, 4.69) is 15.3 Å². The van der Waals surface area contributed by atoms with Gasteiger partial charge in [0.05, 0.1) is 0 Å². The summed E-state index contributed by atoms with van der Waals surface area (Å²) in [7, 11) is 0. The Labute approximate surface area is 127 Å². The minimum absolute atomic E-state index is 0.0592. The lowest BCUT2D eigenvalue weighted by atomic mass is 10.2. The number of hydrogen-bond donors (Lipinski definition) is 1. The first-order chi connectivity index (χ1) is 10.7. The Hall–Kier alpha value is -2.69. The molecule has 4 rings (SSSR count). The maximum absolute atomic E-state index is 12.1. The summed E-state index contributed by atoms with van der Waals surface area (Å²) in [5.74, 6) is 0.412. The van der Waals surface area contributed by atoms with Crippen LogP contribution in [0.15, 0.2) is 40.8 Å². The molecule has 3 aromatic rings. The van der Waals surface area contributed by atoms with Crippen LogP contribution in [0.3, 0.4) is 0 Å². The Morgan fingerprint density at radius 3 is 2.86 bits per heavy atom. The van der Waals surface area contributed by atoms with Crippen molar-refractivity contribution >= 4 is 17.0 Å². The predicted molar refractivity (Wildman–Crippen MR) is 82.5 cm³/mol. The maximum atomic E-state index is 12.1. The molecule has 110 valence electrons. The fraction of sp³-hybridized carbons (Fsp3) is 0.235. The minimum Gasteiger partial charge on any atom is -0.435 e. The smallest absolute Gasteiger partial charge is 0.251 e. The zero-order valence-electron chi connectivity index (χ0n) is 12.2. The van der Waals surface area contributed by atoms with Crippen LogP contribution in [0.5, 0.6) is 0 Å². The molecule has 0 atom stereocenters. The molecule has 1 fully saturated rings. The number of nitrogens with one attached hydrogen (secondary N) is 1. The summed E-state index contributed by atoms with van der Waals surface area (Å²) in [5.41, 5.74) is 3.52. The van der Waals surface area contributed by atoms with Gasteiger partial charge in [0.2, 0.25) is 5.89 Å². The van der Waals surface area contributed by atoms with Gasteiger partial charge in [-0.15, -0.1) is 0 Å². The number of amides is 1. The summed E-state index contributed by atoms with van der Waals surface area (Å²) in [4.78, 5) is 20.9. The second-order valence-electron chi connectivity index (χ2n) is 5.61. The van der Waals surface area contributed by atoms with Crippen LogP contribution in [0.1, 0.15) is 28.9 Å². The van der Waals surface area contributed by atoms with Crippen molar-refractivity contribution in [3.63, 3.8) is 0 Å². The molecule has 1 N–H and O–H groups in total. The molecule has 1 aromatic carbocycles. The Bertz CT molecular complexity index is 865. The summed E-state index contributed by atoms with van der Waals surface area (Å²) in [5, 5.41) is 2.97. The lowest BCUT2D eigenvalue weighted by Gasteiger charge is -2.01. The predicted octanol–water partition coefficient (Wildman–Crippen LogP) is 3.09. The van der Waals surface area contributed by atoms with E-state index >= 15 is 0 Å². The summed E-state index contributed by atoms with van der Waals surface area (Å²) >= 11 is 0. The van der Waals surface area contributed by atoms with Gasteiger partial charge in [-0.05, 0) is 50.1 Å². The minimum atomic E-state index is -0.0592. The molecule has 1 aliphatic rings. The standard InChI is InChI=1S/C17H15N3O2/c1-10-3-2-4-14(18-10)17-20-13-8-5-11(9-15(13)22-17)16(21)19-12-6-7-12/h2-5,8-9,12H,6-7H2,1H3,(H,19,21). The number of rotatable bonds is 3. The highest BCUT2D eigenvalue weighted by molar-refractivity contribution is 5.97. The number of aryl methyl sites for hydroxylation is 1. The summed E-state index contributed by atoms with van der Waals surface area (Å²) in [6, 6.07) is 11.4. The maximum Gasteiger partial charge on any atom is 0.251 e. The number of hydrogen-bond acceptors (Lipinski definition) is 4. The number of aromatic nitrogens is 2. The average molecular weight is 293 g/mol. The number of pyridine rings is 1. The lowest BCUT2D eigenvalue weighted by molar-refractivity contribution is 0.0951. The number of nitrogens with zero attached hydrogens (tertiary/aromatic N) is 2. The number of oxazole rings is 1. The van der Waals surface area contributed by atoms with E-state index in [1.807, 2.05) is 25.1 Å². The first-order valence-corrected chi connectivity index (χ1v) is 7.34. The third-order valence-electron chi connectivity index (χ3n) is 3.67. The van der Waals surface area contributed by atoms with Crippen molar-refractivity contribution in [1.82, 2.24) is 15.3 Å². The first-order valence-electron chi connectivity index (χ1n) is 7.34. The highest BCUT2D eigenvalue weighted by atomic mass is 16.3. The molecule has 5 nitrogen and oxygen atoms in total. The van der Waals surface area contributed by atoms with Crippen LogP contribution in [0.4, 0.5) is 0 Å². The molecular weight excluding hydrogens is 278 g/mol. The molecule has 2 heterocycles. The van der Waals surface area contributed by atoms with Gasteiger partial charge in [-0.2, -0.15) is 0 Å². The number of benzene rings is 1. The molecule has 0 unspecified atom stereocenters. The average Bonchev–Trinajstić information content (AvgIpc) is 3.22. The van der Waals surface area contributed by atoms with E-state index in [0.29, 0.717) is 28.8 Å². The zero-order chi connectivity index (χ0) is 15.1. The van der Waals surface area contributed by atoms with Crippen LogP contribution in [0.25, 0.3) is 22.7 Å². The highest BCUT2D eigenvalue weighted by Crippen LogP contribution is 2.24. The molecule has 22 heavy (non-hydrogen) atoms. The van der Waals surface area contributed by atoms with Crippen LogP contribution in [0, 0.1) is 6.92 Å². The molecule has 5 heteroatoms. The zero-order valence-corrected chi connectivity index (χ0v) is 12.2. The molecule has 1 aliphatic carbocycles. The van der Waals surface area contributed by atoms with Gasteiger partial charge in [-0.3, -0.25) is 4.79 Å². The third-order valence-corrected chi connectivity index (χ3v) is 3.67. The molecule has 0 bridgehead atoms. The van der Waals surface area contributed by atoms with Gasteiger partial charge in [-0.1, -0.05) is 6.07 Å². The normalized spacial score (nSPS) is 14.2. The fourth-order valence-corrected chi connectivity index (χ4v) is 2.33. The van der Waals surface area contributed by atoms with E-state index in [4.69, 9.17) is 4.42 Å². The van der Waals surface area contributed by atoms with Gasteiger partial charge in [0, 0.05) is 17.3 Å². The van der Waals surface area contributed by atoms with Gasteiger partial charge in [-0.25, -0.2) is 9.97 Å². The Kier molecular flexibility index (Phi) is 2.92. The topological polar surface area (TPSA) is 68.0 Å². The van der Waals surface area contributed by atoms with E-state index in [1.165, 1.54) is 0 Å². The van der Waals surface area contributed by atoms with Crippen LogP contribution in [0.2, 0.25) is 0 Å². The van der Waals surface area contributed by atoms with Crippen molar-refractivity contribution in [3.05, 3.63) is 47.7 Å². The van der Waals surface area contributed by atoms with E-state index in [-0.39, 0.29) is 5.91 Å². The van der Waals surface area contributed by atoms with Gasteiger partial charge < -0.3 is 9.73 Å². The van der Waals surface area contributed by atoms with Crippen molar-refractivity contribution in [3.8, 4) is 11.6 Å². The summed E-state index contributed by atoms with van der Waals surface area (Å²) in [6.45, 7) is 1.92. The van der Waals surface area contributed by atoms with Crippen molar-refractivity contribution < 1.29 is 9.21 Å². The monoisotopic (exact) mass is 293 g/mol. The molecule has 0 spiro atoms. The van der Waals surface area contributed by atoms with Crippen LogP contribution in [-0.4, -0.2) is 21.9 Å². The molecule has 1 amide bonds. The number of carbonyl (C=O) groups is 1. The summed E-state index contributed by atoms with van der Waals surface area (Å²) in [6.07, 6.45) is 2.14. The lowest BCUT2D eigenvalue weighted by Crippen LogP contribution is -2.25. The van der Waals surface area contributed by atoms with Gasteiger partial charge in [0.1, 0.15) is 11.2 Å². The number of fused-ring (bicyclic) bond motifs is 1. The second-order valence-corrected chi connectivity index (χ2v) is 5.61. The van der Waals surface area contributed by atoms with Gasteiger partial charge >= 0.3 is 0 Å². The Morgan fingerprint density at radius 2 is 2.09 bits per heavy atom. The van der Waals surface area contributed by atoms with E-state index in [1.54, 1.807) is 18.2 Å². The van der Waals surface area contributed by atoms with Crippen molar-refractivity contribution in [2.45, 2.75) is 25.8 Å². The highest BCUT2D eigenvalue weighted by Gasteiger charge is 2.24. The summed E-state index contributed by atoms with van der Waals surface area (Å²) < 4.78 is 5.77. The molecule has 0 aliphatic heterocycles. The van der Waals surface area contributed by atoms with Crippen LogP contribution >= 0.6 is 0 Å². The van der Waals surface area contributed by atoms with Gasteiger partial charge in [0.15, 0.2) is 5.58 Å². The van der Waals surface area contributed by atoms with Crippen molar-refractivity contribution in [1.29, 1.82) is 0 Å².